The van der Waals surface area contributed by atoms with E-state index < -0.39 is 5.97 Å². The van der Waals surface area contributed by atoms with E-state index in [-0.39, 0.29) is 0 Å². The molecule has 0 saturated heterocycles. The van der Waals surface area contributed by atoms with Crippen molar-refractivity contribution in [3.05, 3.63) is 40.1 Å². The Labute approximate surface area is 112 Å². The fourth-order valence-corrected chi connectivity index (χ4v) is 3.23. The van der Waals surface area contributed by atoms with E-state index in [0.717, 1.165) is 46.1 Å². The Morgan fingerprint density at radius 1 is 1.37 bits per heavy atom. The van der Waals surface area contributed by atoms with Crippen LogP contribution in [-0.4, -0.2) is 16.1 Å². The van der Waals surface area contributed by atoms with Crippen molar-refractivity contribution in [1.29, 1.82) is 0 Å². The number of hydrogen-bond donors (Lipinski definition) is 1. The van der Waals surface area contributed by atoms with Crippen LogP contribution in [0.15, 0.2) is 12.1 Å². The molecule has 3 rings (SSSR count). The summed E-state index contributed by atoms with van der Waals surface area (Å²) in [4.78, 5) is 16.4. The molecule has 1 atom stereocenters. The maximum absolute atomic E-state index is 11.7. The topological polar surface area (TPSA) is 50.2 Å². The molecule has 0 spiro atoms. The van der Waals surface area contributed by atoms with Crippen LogP contribution < -0.4 is 0 Å². The highest BCUT2D eigenvalue weighted by molar-refractivity contribution is 6.05. The van der Waals surface area contributed by atoms with E-state index in [1.807, 2.05) is 26.0 Å². The monoisotopic (exact) mass is 255 g/mol. The van der Waals surface area contributed by atoms with E-state index in [4.69, 9.17) is 4.98 Å². The number of aromatic nitrogens is 1. The number of rotatable bonds is 1. The third-order valence-corrected chi connectivity index (χ3v) is 4.07. The lowest BCUT2D eigenvalue weighted by atomic mass is 9.96. The molecule has 1 aliphatic carbocycles. The second kappa shape index (κ2) is 4.05. The smallest absolute Gasteiger partial charge is 0.336 e. The lowest BCUT2D eigenvalue weighted by Gasteiger charge is -2.13. The van der Waals surface area contributed by atoms with Gasteiger partial charge in [-0.25, -0.2) is 4.79 Å². The zero-order valence-corrected chi connectivity index (χ0v) is 11.4. The number of fused-ring (bicyclic) bond motifs is 2. The summed E-state index contributed by atoms with van der Waals surface area (Å²) in [6, 6.07) is 4.02. The van der Waals surface area contributed by atoms with Crippen LogP contribution in [0.4, 0.5) is 0 Å². The maximum atomic E-state index is 11.7. The van der Waals surface area contributed by atoms with Crippen molar-refractivity contribution < 1.29 is 9.90 Å². The molecule has 3 heteroatoms. The van der Waals surface area contributed by atoms with E-state index in [9.17, 15) is 9.90 Å². The van der Waals surface area contributed by atoms with Gasteiger partial charge in [0.05, 0.1) is 11.1 Å². The lowest BCUT2D eigenvalue weighted by Crippen LogP contribution is -2.07. The second-order valence-corrected chi connectivity index (χ2v) is 5.57. The molecule has 19 heavy (non-hydrogen) atoms. The Kier molecular flexibility index (Phi) is 2.59. The Hall–Kier alpha value is -1.90. The number of aryl methyl sites for hydroxylation is 2. The van der Waals surface area contributed by atoms with E-state index in [1.165, 1.54) is 0 Å². The highest BCUT2D eigenvalue weighted by atomic mass is 16.4. The van der Waals surface area contributed by atoms with Crippen molar-refractivity contribution in [2.24, 2.45) is 0 Å². The largest absolute Gasteiger partial charge is 0.478 e. The molecule has 3 nitrogen and oxygen atoms in total. The van der Waals surface area contributed by atoms with Gasteiger partial charge in [0.1, 0.15) is 0 Å². The van der Waals surface area contributed by atoms with Crippen LogP contribution in [0.25, 0.3) is 10.9 Å². The van der Waals surface area contributed by atoms with Crippen LogP contribution in [0.3, 0.4) is 0 Å². The number of hydrogen-bond acceptors (Lipinski definition) is 2. The minimum Gasteiger partial charge on any atom is -0.478 e. The average Bonchev–Trinajstić information content (AvgIpc) is 2.68. The molecule has 1 unspecified atom stereocenters. The number of benzene rings is 1. The van der Waals surface area contributed by atoms with Gasteiger partial charge in [0, 0.05) is 11.1 Å². The SMILES string of the molecule is Cc1cc(C)c2c(C(=O)O)c3c(nc2c1)C(C)CC3. The molecule has 0 aliphatic heterocycles. The van der Waals surface area contributed by atoms with Crippen molar-refractivity contribution in [3.8, 4) is 0 Å². The van der Waals surface area contributed by atoms with Gasteiger partial charge < -0.3 is 5.11 Å². The molecule has 1 aromatic carbocycles. The molecule has 98 valence electrons. The van der Waals surface area contributed by atoms with Gasteiger partial charge in [-0.2, -0.15) is 0 Å². The van der Waals surface area contributed by atoms with Crippen LogP contribution >= 0.6 is 0 Å². The summed E-state index contributed by atoms with van der Waals surface area (Å²) in [6.45, 7) is 6.11. The molecule has 0 saturated carbocycles. The van der Waals surface area contributed by atoms with Gasteiger partial charge in [0.25, 0.3) is 0 Å². The number of aromatic carboxylic acids is 1. The molecule has 0 bridgehead atoms. The zero-order valence-electron chi connectivity index (χ0n) is 11.4. The number of nitrogens with zero attached hydrogens (tertiary/aromatic N) is 1. The summed E-state index contributed by atoms with van der Waals surface area (Å²) < 4.78 is 0. The van der Waals surface area contributed by atoms with Gasteiger partial charge in [-0.15, -0.1) is 0 Å². The molecule has 2 aromatic rings. The normalized spacial score (nSPS) is 17.7. The minimum atomic E-state index is -0.829. The molecule has 0 amide bonds. The van der Waals surface area contributed by atoms with Crippen molar-refractivity contribution in [3.63, 3.8) is 0 Å². The minimum absolute atomic E-state index is 0.360. The van der Waals surface area contributed by atoms with Crippen LogP contribution in [0.5, 0.6) is 0 Å². The highest BCUT2D eigenvalue weighted by Crippen LogP contribution is 2.37. The van der Waals surface area contributed by atoms with E-state index in [0.29, 0.717) is 11.5 Å². The van der Waals surface area contributed by atoms with E-state index in [1.54, 1.807) is 0 Å². The van der Waals surface area contributed by atoms with Crippen molar-refractivity contribution in [1.82, 2.24) is 4.98 Å². The summed E-state index contributed by atoms with van der Waals surface area (Å²) in [5.41, 5.74) is 5.35. The number of carboxylic acids is 1. The first kappa shape index (κ1) is 12.2. The molecule has 1 aromatic heterocycles. The van der Waals surface area contributed by atoms with Gasteiger partial charge in [-0.1, -0.05) is 13.0 Å². The quantitative estimate of drug-likeness (QED) is 0.847. The van der Waals surface area contributed by atoms with Crippen molar-refractivity contribution in [2.75, 3.05) is 0 Å². The average molecular weight is 255 g/mol. The third kappa shape index (κ3) is 1.72. The predicted molar refractivity (Wildman–Crippen MR) is 74.9 cm³/mol. The standard InChI is InChI=1S/C16H17NO2/c1-8-6-10(3)13-12(7-8)17-15-9(2)4-5-11(15)14(13)16(18)19/h6-7,9H,4-5H2,1-3H3,(H,18,19). The summed E-state index contributed by atoms with van der Waals surface area (Å²) in [5.74, 6) is -0.469. The Bertz CT molecular complexity index is 704. The number of carbonyl (C=O) groups is 1. The third-order valence-electron chi connectivity index (χ3n) is 4.07. The zero-order chi connectivity index (χ0) is 13.7. The Balaban J connectivity index is 2.49. The van der Waals surface area contributed by atoms with Crippen molar-refractivity contribution >= 4 is 16.9 Å². The van der Waals surface area contributed by atoms with Gasteiger partial charge in [-0.05, 0) is 55.4 Å². The summed E-state index contributed by atoms with van der Waals surface area (Å²) in [5, 5.41) is 10.4. The molecular formula is C16H17NO2. The maximum Gasteiger partial charge on any atom is 0.336 e. The predicted octanol–water partition coefficient (Wildman–Crippen LogP) is 3.60. The fraction of sp³-hybridized carbons (Fsp3) is 0.375. The van der Waals surface area contributed by atoms with Gasteiger partial charge in [0.2, 0.25) is 0 Å². The number of pyridine rings is 1. The first-order chi connectivity index (χ1) is 8.99. The highest BCUT2D eigenvalue weighted by Gasteiger charge is 2.28. The fourth-order valence-electron chi connectivity index (χ4n) is 3.23. The van der Waals surface area contributed by atoms with Gasteiger partial charge in [0.15, 0.2) is 0 Å². The number of carboxylic acid groups (broad SMARTS) is 1. The first-order valence-electron chi connectivity index (χ1n) is 6.66. The molecule has 0 fully saturated rings. The molecule has 0 radical (unpaired) electrons. The van der Waals surface area contributed by atoms with E-state index >= 15 is 0 Å². The molecule has 1 aliphatic rings. The van der Waals surface area contributed by atoms with Gasteiger partial charge >= 0.3 is 5.97 Å². The van der Waals surface area contributed by atoms with Crippen molar-refractivity contribution in [2.45, 2.75) is 39.5 Å². The molecule has 1 heterocycles. The van der Waals surface area contributed by atoms with Crippen LogP contribution in [0.1, 0.15) is 52.0 Å². The summed E-state index contributed by atoms with van der Waals surface area (Å²) in [6.07, 6.45) is 1.82. The second-order valence-electron chi connectivity index (χ2n) is 5.57. The summed E-state index contributed by atoms with van der Waals surface area (Å²) in [7, 11) is 0. The van der Waals surface area contributed by atoms with Gasteiger partial charge in [-0.3, -0.25) is 4.98 Å². The summed E-state index contributed by atoms with van der Waals surface area (Å²) >= 11 is 0. The molecule has 1 N–H and O–H groups in total. The van der Waals surface area contributed by atoms with Crippen LogP contribution in [0, 0.1) is 13.8 Å². The van der Waals surface area contributed by atoms with E-state index in [2.05, 4.69) is 6.92 Å². The Morgan fingerprint density at radius 2 is 2.11 bits per heavy atom. The lowest BCUT2D eigenvalue weighted by molar-refractivity contribution is 0.0698. The molecular weight excluding hydrogens is 238 g/mol. The van der Waals surface area contributed by atoms with Crippen LogP contribution in [0.2, 0.25) is 0 Å². The first-order valence-corrected chi connectivity index (χ1v) is 6.66. The Morgan fingerprint density at radius 3 is 2.79 bits per heavy atom. The van der Waals surface area contributed by atoms with Crippen LogP contribution in [-0.2, 0) is 6.42 Å².